The van der Waals surface area contributed by atoms with E-state index in [1.807, 2.05) is 0 Å². The molecule has 0 atom stereocenters. The predicted octanol–water partition coefficient (Wildman–Crippen LogP) is 0.616. The van der Waals surface area contributed by atoms with E-state index >= 15 is 0 Å². The number of halogens is 1. The number of carbonyl (C=O) groups excluding carboxylic acids is 1. The van der Waals surface area contributed by atoms with E-state index in [4.69, 9.17) is 11.5 Å². The zero-order valence-electron chi connectivity index (χ0n) is 13.4. The van der Waals surface area contributed by atoms with Gasteiger partial charge in [-0.15, -0.1) is 0 Å². The zero-order valence-corrected chi connectivity index (χ0v) is 14.2. The van der Waals surface area contributed by atoms with Crippen LogP contribution in [-0.2, 0) is 4.79 Å². The highest BCUT2D eigenvalue weighted by Crippen LogP contribution is 2.19. The maximum absolute atomic E-state index is 13.0. The molecule has 1 aliphatic heterocycles. The minimum Gasteiger partial charge on any atom is -0.368 e. The van der Waals surface area contributed by atoms with E-state index in [0.717, 1.165) is 5.69 Å². The van der Waals surface area contributed by atoms with Gasteiger partial charge in [-0.2, -0.15) is 15.0 Å². The molecule has 1 amide bonds. The summed E-state index contributed by atoms with van der Waals surface area (Å²) in [5.41, 5.74) is 12.0. The Morgan fingerprint density at radius 1 is 1.04 bits per heavy atom. The summed E-state index contributed by atoms with van der Waals surface area (Å²) < 4.78 is 13.0. The summed E-state index contributed by atoms with van der Waals surface area (Å²) in [7, 11) is 0. The Morgan fingerprint density at radius 2 is 1.64 bits per heavy atom. The molecule has 1 saturated heterocycles. The summed E-state index contributed by atoms with van der Waals surface area (Å²) in [6.07, 6.45) is 0. The van der Waals surface area contributed by atoms with Gasteiger partial charge in [0.15, 0.2) is 5.16 Å². The fourth-order valence-electron chi connectivity index (χ4n) is 2.54. The molecule has 0 spiro atoms. The van der Waals surface area contributed by atoms with Crippen LogP contribution in [0.15, 0.2) is 29.4 Å². The summed E-state index contributed by atoms with van der Waals surface area (Å²) in [4.78, 5) is 27.8. The molecule has 0 bridgehead atoms. The van der Waals surface area contributed by atoms with Crippen LogP contribution in [0.5, 0.6) is 0 Å². The van der Waals surface area contributed by atoms with E-state index in [0.29, 0.717) is 31.3 Å². The number of hydrogen-bond donors (Lipinski definition) is 2. The molecule has 0 radical (unpaired) electrons. The van der Waals surface area contributed by atoms with Crippen LogP contribution in [0.3, 0.4) is 0 Å². The molecule has 0 unspecified atom stereocenters. The highest BCUT2D eigenvalue weighted by Gasteiger charge is 2.21. The van der Waals surface area contributed by atoms with Crippen LogP contribution in [0, 0.1) is 5.82 Å². The van der Waals surface area contributed by atoms with Crippen LogP contribution >= 0.6 is 11.8 Å². The fourth-order valence-corrected chi connectivity index (χ4v) is 3.29. The third kappa shape index (κ3) is 4.47. The van der Waals surface area contributed by atoms with E-state index in [9.17, 15) is 9.18 Å². The predicted molar refractivity (Wildman–Crippen MR) is 94.6 cm³/mol. The van der Waals surface area contributed by atoms with Crippen molar-refractivity contribution in [3.8, 4) is 0 Å². The first-order valence-electron chi connectivity index (χ1n) is 7.69. The molecule has 132 valence electrons. The van der Waals surface area contributed by atoms with Gasteiger partial charge in [0.05, 0.1) is 5.75 Å². The zero-order chi connectivity index (χ0) is 17.8. The molecule has 2 heterocycles. The van der Waals surface area contributed by atoms with Gasteiger partial charge in [-0.25, -0.2) is 4.39 Å². The normalized spacial score (nSPS) is 14.6. The second-order valence-electron chi connectivity index (χ2n) is 5.47. The number of thioether (sulfide) groups is 1. The van der Waals surface area contributed by atoms with E-state index in [1.165, 1.54) is 23.9 Å². The summed E-state index contributed by atoms with van der Waals surface area (Å²) >= 11 is 1.18. The first kappa shape index (κ1) is 17.2. The van der Waals surface area contributed by atoms with E-state index in [1.54, 1.807) is 17.0 Å². The Labute approximate surface area is 148 Å². The van der Waals surface area contributed by atoms with Crippen molar-refractivity contribution in [2.75, 3.05) is 48.3 Å². The summed E-state index contributed by atoms with van der Waals surface area (Å²) in [6.45, 7) is 2.62. The lowest BCUT2D eigenvalue weighted by Crippen LogP contribution is -2.49. The molecule has 2 aromatic rings. The highest BCUT2D eigenvalue weighted by molar-refractivity contribution is 7.99. The number of nitrogen functional groups attached to an aromatic ring is 2. The van der Waals surface area contributed by atoms with Crippen LogP contribution in [0.4, 0.5) is 22.0 Å². The van der Waals surface area contributed by atoms with Crippen molar-refractivity contribution in [1.29, 1.82) is 0 Å². The average Bonchev–Trinajstić information content (AvgIpc) is 2.60. The lowest BCUT2D eigenvalue weighted by molar-refractivity contribution is -0.128. The average molecular weight is 363 g/mol. The second kappa shape index (κ2) is 7.51. The number of aromatic nitrogens is 3. The number of nitrogens with two attached hydrogens (primary N) is 2. The molecule has 1 fully saturated rings. The van der Waals surface area contributed by atoms with Gasteiger partial charge in [-0.1, -0.05) is 11.8 Å². The Kier molecular flexibility index (Phi) is 5.17. The van der Waals surface area contributed by atoms with Gasteiger partial charge in [-0.05, 0) is 24.3 Å². The molecular formula is C15H18FN7OS. The van der Waals surface area contributed by atoms with Gasteiger partial charge in [0, 0.05) is 31.9 Å². The van der Waals surface area contributed by atoms with Crippen LogP contribution in [0.2, 0.25) is 0 Å². The minimum absolute atomic E-state index is 0.00121. The lowest BCUT2D eigenvalue weighted by atomic mass is 10.2. The maximum atomic E-state index is 13.0. The van der Waals surface area contributed by atoms with Crippen LogP contribution < -0.4 is 16.4 Å². The largest absolute Gasteiger partial charge is 0.368 e. The molecule has 0 aliphatic carbocycles. The Morgan fingerprint density at radius 3 is 2.24 bits per heavy atom. The van der Waals surface area contributed by atoms with Gasteiger partial charge in [0.1, 0.15) is 5.82 Å². The molecule has 8 nitrogen and oxygen atoms in total. The number of rotatable bonds is 4. The number of nitrogens with zero attached hydrogens (tertiary/aromatic N) is 5. The number of anilines is 3. The number of amides is 1. The maximum Gasteiger partial charge on any atom is 0.233 e. The van der Waals surface area contributed by atoms with Crippen molar-refractivity contribution in [3.63, 3.8) is 0 Å². The van der Waals surface area contributed by atoms with Crippen LogP contribution in [-0.4, -0.2) is 57.7 Å². The Hall–Kier alpha value is -2.62. The molecule has 10 heteroatoms. The van der Waals surface area contributed by atoms with Crippen molar-refractivity contribution < 1.29 is 9.18 Å². The number of hydrogen-bond acceptors (Lipinski definition) is 8. The fraction of sp³-hybridized carbons (Fsp3) is 0.333. The van der Waals surface area contributed by atoms with Crippen molar-refractivity contribution >= 4 is 35.3 Å². The number of piperazine rings is 1. The van der Waals surface area contributed by atoms with E-state index < -0.39 is 0 Å². The van der Waals surface area contributed by atoms with Gasteiger partial charge in [0.2, 0.25) is 17.8 Å². The standard InChI is InChI=1S/C15H18FN7OS/c16-10-1-3-11(4-2-10)22-5-7-23(8-6-22)12(24)9-25-15-20-13(17)19-14(18)21-15/h1-4H,5-9H2,(H4,17,18,19,20,21). The minimum atomic E-state index is -0.255. The smallest absolute Gasteiger partial charge is 0.233 e. The van der Waals surface area contributed by atoms with Crippen molar-refractivity contribution in [2.45, 2.75) is 5.16 Å². The molecule has 25 heavy (non-hydrogen) atoms. The van der Waals surface area contributed by atoms with Crippen molar-refractivity contribution in [2.24, 2.45) is 0 Å². The second-order valence-corrected chi connectivity index (χ2v) is 6.41. The van der Waals surface area contributed by atoms with Gasteiger partial charge >= 0.3 is 0 Å². The quantitative estimate of drug-likeness (QED) is 0.760. The van der Waals surface area contributed by atoms with Crippen LogP contribution in [0.1, 0.15) is 0 Å². The number of benzene rings is 1. The summed E-state index contributed by atoms with van der Waals surface area (Å²) in [5, 5.41) is 0.336. The van der Waals surface area contributed by atoms with Gasteiger partial charge in [0.25, 0.3) is 0 Å². The molecule has 1 aliphatic rings. The molecule has 1 aromatic heterocycles. The highest BCUT2D eigenvalue weighted by atomic mass is 32.2. The lowest BCUT2D eigenvalue weighted by Gasteiger charge is -2.36. The van der Waals surface area contributed by atoms with Crippen molar-refractivity contribution in [3.05, 3.63) is 30.1 Å². The van der Waals surface area contributed by atoms with E-state index in [-0.39, 0.29) is 29.4 Å². The summed E-state index contributed by atoms with van der Waals surface area (Å²) in [5.74, 6) is 0.0284. The third-order valence-corrected chi connectivity index (χ3v) is 4.63. The Balaban J connectivity index is 1.50. The Bertz CT molecular complexity index is 730. The SMILES string of the molecule is Nc1nc(N)nc(SCC(=O)N2CCN(c3ccc(F)cc3)CC2)n1. The third-order valence-electron chi connectivity index (χ3n) is 3.80. The van der Waals surface area contributed by atoms with Gasteiger partial charge < -0.3 is 21.3 Å². The summed E-state index contributed by atoms with van der Waals surface area (Å²) in [6, 6.07) is 6.38. The topological polar surface area (TPSA) is 114 Å². The first-order valence-corrected chi connectivity index (χ1v) is 8.68. The van der Waals surface area contributed by atoms with Gasteiger partial charge in [-0.3, -0.25) is 4.79 Å². The van der Waals surface area contributed by atoms with E-state index in [2.05, 4.69) is 19.9 Å². The molecule has 4 N–H and O–H groups in total. The first-order chi connectivity index (χ1) is 12.0. The molecule has 3 rings (SSSR count). The number of carbonyl (C=O) groups is 1. The molecule has 1 aromatic carbocycles. The molecular weight excluding hydrogens is 345 g/mol. The molecule has 0 saturated carbocycles. The van der Waals surface area contributed by atoms with Crippen LogP contribution in [0.25, 0.3) is 0 Å². The monoisotopic (exact) mass is 363 g/mol. The van der Waals surface area contributed by atoms with Crippen molar-refractivity contribution in [1.82, 2.24) is 19.9 Å².